The first-order valence-electron chi connectivity index (χ1n) is 8.73. The fourth-order valence-corrected chi connectivity index (χ4v) is 3.31. The zero-order valence-electron chi connectivity index (χ0n) is 14.8. The normalized spacial score (nSPS) is 10.9. The third-order valence-electron chi connectivity index (χ3n) is 4.55. The zero-order valence-corrected chi connectivity index (χ0v) is 15.6. The molecule has 3 aromatic carbocycles. The number of para-hydroxylation sites is 1. The quantitative estimate of drug-likeness (QED) is 0.476. The van der Waals surface area contributed by atoms with Crippen LogP contribution >= 0.6 is 11.6 Å². The van der Waals surface area contributed by atoms with E-state index in [0.29, 0.717) is 17.3 Å². The van der Waals surface area contributed by atoms with E-state index >= 15 is 0 Å². The monoisotopic (exact) mass is 375 g/mol. The fraction of sp³-hybridized carbons (Fsp3) is 0.0870. The molecule has 0 aliphatic rings. The van der Waals surface area contributed by atoms with Crippen LogP contribution in [0.1, 0.15) is 21.7 Å². The van der Waals surface area contributed by atoms with Crippen LogP contribution in [0.2, 0.25) is 5.02 Å². The molecule has 0 bridgehead atoms. The summed E-state index contributed by atoms with van der Waals surface area (Å²) in [5.74, 6) is 0.0805. The lowest BCUT2D eigenvalue weighted by molar-refractivity contribution is 0.0926. The minimum Gasteiger partial charge on any atom is -0.450 e. The molecule has 4 heteroatoms. The highest BCUT2D eigenvalue weighted by molar-refractivity contribution is 6.30. The number of hydrogen-bond donors (Lipinski definition) is 1. The van der Waals surface area contributed by atoms with E-state index < -0.39 is 0 Å². The molecule has 0 fully saturated rings. The lowest BCUT2D eigenvalue weighted by atomic mass is 10.0. The van der Waals surface area contributed by atoms with Crippen LogP contribution in [-0.2, 0) is 6.54 Å². The van der Waals surface area contributed by atoms with Crippen LogP contribution in [0, 0.1) is 6.92 Å². The van der Waals surface area contributed by atoms with Gasteiger partial charge in [0, 0.05) is 22.5 Å². The molecule has 4 rings (SSSR count). The van der Waals surface area contributed by atoms with Gasteiger partial charge in [-0.1, -0.05) is 72.3 Å². The highest BCUT2D eigenvalue weighted by Crippen LogP contribution is 2.36. The maximum Gasteiger partial charge on any atom is 0.287 e. The zero-order chi connectivity index (χ0) is 18.8. The van der Waals surface area contributed by atoms with Crippen molar-refractivity contribution < 1.29 is 9.21 Å². The van der Waals surface area contributed by atoms with Crippen molar-refractivity contribution in [3.05, 3.63) is 94.7 Å². The molecule has 1 amide bonds. The van der Waals surface area contributed by atoms with E-state index in [9.17, 15) is 4.79 Å². The Bertz CT molecular complexity index is 1100. The Kier molecular flexibility index (Phi) is 4.69. The number of amides is 1. The van der Waals surface area contributed by atoms with Crippen LogP contribution in [0.5, 0.6) is 0 Å². The summed E-state index contributed by atoms with van der Waals surface area (Å²) in [4.78, 5) is 12.9. The van der Waals surface area contributed by atoms with E-state index in [1.807, 2.05) is 79.7 Å². The van der Waals surface area contributed by atoms with Crippen LogP contribution in [-0.4, -0.2) is 5.91 Å². The average Bonchev–Trinajstić information content (AvgIpc) is 3.09. The molecule has 4 aromatic rings. The Morgan fingerprint density at radius 2 is 1.70 bits per heavy atom. The van der Waals surface area contributed by atoms with Gasteiger partial charge in [0.1, 0.15) is 5.58 Å². The lowest BCUT2D eigenvalue weighted by Gasteiger charge is -2.06. The number of rotatable bonds is 4. The first-order chi connectivity index (χ1) is 13.1. The van der Waals surface area contributed by atoms with Crippen molar-refractivity contribution in [3.8, 4) is 11.1 Å². The third-order valence-corrected chi connectivity index (χ3v) is 4.80. The molecule has 0 aliphatic heterocycles. The highest BCUT2D eigenvalue weighted by Gasteiger charge is 2.22. The molecule has 1 N–H and O–H groups in total. The van der Waals surface area contributed by atoms with E-state index in [1.165, 1.54) is 0 Å². The predicted molar refractivity (Wildman–Crippen MR) is 109 cm³/mol. The average molecular weight is 376 g/mol. The Morgan fingerprint density at radius 3 is 2.44 bits per heavy atom. The number of furan rings is 1. The largest absolute Gasteiger partial charge is 0.450 e. The van der Waals surface area contributed by atoms with E-state index in [2.05, 4.69) is 5.32 Å². The first kappa shape index (κ1) is 17.4. The highest BCUT2D eigenvalue weighted by atomic mass is 35.5. The summed E-state index contributed by atoms with van der Waals surface area (Å²) < 4.78 is 6.02. The van der Waals surface area contributed by atoms with Crippen molar-refractivity contribution in [2.75, 3.05) is 0 Å². The fourth-order valence-electron chi connectivity index (χ4n) is 3.18. The molecule has 1 aromatic heterocycles. The number of carbonyl (C=O) groups excluding carboxylic acids is 1. The number of benzene rings is 3. The molecular formula is C23H18ClNO2. The molecule has 3 nitrogen and oxygen atoms in total. The topological polar surface area (TPSA) is 42.2 Å². The molecule has 0 saturated carbocycles. The van der Waals surface area contributed by atoms with Crippen molar-refractivity contribution in [2.24, 2.45) is 0 Å². The predicted octanol–water partition coefficient (Wildman–Crippen LogP) is 5.99. The van der Waals surface area contributed by atoms with E-state index in [4.69, 9.17) is 16.0 Å². The van der Waals surface area contributed by atoms with Gasteiger partial charge in [-0.2, -0.15) is 0 Å². The number of nitrogens with one attached hydrogen (secondary N) is 1. The summed E-state index contributed by atoms with van der Waals surface area (Å²) in [6, 6.07) is 23.2. The summed E-state index contributed by atoms with van der Waals surface area (Å²) in [5, 5.41) is 4.53. The van der Waals surface area contributed by atoms with Crippen LogP contribution in [0.4, 0.5) is 0 Å². The van der Waals surface area contributed by atoms with Gasteiger partial charge in [0.05, 0.1) is 0 Å². The maximum atomic E-state index is 12.9. The van der Waals surface area contributed by atoms with Gasteiger partial charge in [-0.25, -0.2) is 0 Å². The molecule has 0 atom stereocenters. The van der Waals surface area contributed by atoms with Gasteiger partial charge < -0.3 is 9.73 Å². The number of carbonyl (C=O) groups is 1. The van der Waals surface area contributed by atoms with Gasteiger partial charge in [0.15, 0.2) is 0 Å². The Balaban J connectivity index is 1.77. The Labute approximate surface area is 162 Å². The molecule has 134 valence electrons. The van der Waals surface area contributed by atoms with Gasteiger partial charge in [-0.05, 0) is 35.7 Å². The molecule has 0 unspecified atom stereocenters. The molecule has 27 heavy (non-hydrogen) atoms. The number of aryl methyl sites for hydroxylation is 1. The second-order valence-electron chi connectivity index (χ2n) is 6.43. The van der Waals surface area contributed by atoms with Crippen molar-refractivity contribution in [1.82, 2.24) is 5.32 Å². The summed E-state index contributed by atoms with van der Waals surface area (Å²) in [5.41, 5.74) is 4.44. The minimum atomic E-state index is -0.237. The van der Waals surface area contributed by atoms with E-state index in [1.54, 1.807) is 0 Å². The van der Waals surface area contributed by atoms with Gasteiger partial charge >= 0.3 is 0 Å². The standard InChI is InChI=1S/C23H18ClNO2/c1-15-6-5-9-19-20(17-10-12-18(24)13-11-17)22(27-21(15)19)23(26)25-14-16-7-3-2-4-8-16/h2-13H,14H2,1H3,(H,25,26). The third kappa shape index (κ3) is 3.46. The molecule has 0 aliphatic carbocycles. The van der Waals surface area contributed by atoms with Crippen molar-refractivity contribution in [1.29, 1.82) is 0 Å². The summed E-state index contributed by atoms with van der Waals surface area (Å²) in [6.45, 7) is 2.42. The molecule has 0 radical (unpaired) electrons. The van der Waals surface area contributed by atoms with Crippen LogP contribution < -0.4 is 5.32 Å². The van der Waals surface area contributed by atoms with Gasteiger partial charge in [-0.3, -0.25) is 4.79 Å². The first-order valence-corrected chi connectivity index (χ1v) is 9.11. The molecule has 0 saturated heterocycles. The Morgan fingerprint density at radius 1 is 0.963 bits per heavy atom. The number of fused-ring (bicyclic) bond motifs is 1. The van der Waals surface area contributed by atoms with Gasteiger partial charge in [0.2, 0.25) is 5.76 Å². The van der Waals surface area contributed by atoms with Crippen molar-refractivity contribution >= 4 is 28.5 Å². The SMILES string of the molecule is Cc1cccc2c(-c3ccc(Cl)cc3)c(C(=O)NCc3ccccc3)oc12. The summed E-state index contributed by atoms with van der Waals surface area (Å²) >= 11 is 6.03. The van der Waals surface area contributed by atoms with E-state index in [0.717, 1.165) is 33.2 Å². The van der Waals surface area contributed by atoms with Gasteiger partial charge in [-0.15, -0.1) is 0 Å². The summed E-state index contributed by atoms with van der Waals surface area (Å²) in [6.07, 6.45) is 0. The second-order valence-corrected chi connectivity index (χ2v) is 6.87. The number of halogens is 1. The van der Waals surface area contributed by atoms with E-state index in [-0.39, 0.29) is 5.91 Å². The molecule has 1 heterocycles. The smallest absolute Gasteiger partial charge is 0.287 e. The minimum absolute atomic E-state index is 0.237. The van der Waals surface area contributed by atoms with Crippen LogP contribution in [0.15, 0.2) is 77.2 Å². The Hall–Kier alpha value is -3.04. The lowest BCUT2D eigenvalue weighted by Crippen LogP contribution is -2.22. The molecular weight excluding hydrogens is 358 g/mol. The number of hydrogen-bond acceptors (Lipinski definition) is 2. The molecule has 0 spiro atoms. The van der Waals surface area contributed by atoms with Gasteiger partial charge in [0.25, 0.3) is 5.91 Å². The van der Waals surface area contributed by atoms with Crippen LogP contribution in [0.3, 0.4) is 0 Å². The van der Waals surface area contributed by atoms with Crippen molar-refractivity contribution in [2.45, 2.75) is 13.5 Å². The maximum absolute atomic E-state index is 12.9. The second kappa shape index (κ2) is 7.29. The summed E-state index contributed by atoms with van der Waals surface area (Å²) in [7, 11) is 0. The van der Waals surface area contributed by atoms with Crippen molar-refractivity contribution in [3.63, 3.8) is 0 Å². The van der Waals surface area contributed by atoms with Crippen LogP contribution in [0.25, 0.3) is 22.1 Å².